The summed E-state index contributed by atoms with van der Waals surface area (Å²) < 4.78 is 31.1. The highest BCUT2D eigenvalue weighted by molar-refractivity contribution is 7.89. The molecule has 0 aromatic heterocycles. The van der Waals surface area contributed by atoms with E-state index in [1.165, 1.54) is 0 Å². The van der Waals surface area contributed by atoms with Crippen LogP contribution in [-0.2, 0) is 21.4 Å². The summed E-state index contributed by atoms with van der Waals surface area (Å²) in [5.74, 6) is 0.169. The molecule has 0 radical (unpaired) electrons. The first-order valence-corrected chi connectivity index (χ1v) is 8.35. The maximum atomic E-state index is 11.9. The van der Waals surface area contributed by atoms with E-state index in [1.54, 1.807) is 11.2 Å². The summed E-state index contributed by atoms with van der Waals surface area (Å²) in [5.41, 5.74) is 1.12. The highest BCUT2D eigenvalue weighted by atomic mass is 32.2. The summed E-state index contributed by atoms with van der Waals surface area (Å²) in [6.45, 7) is 3.34. The van der Waals surface area contributed by atoms with Crippen molar-refractivity contribution in [3.8, 4) is 0 Å². The molecule has 0 aliphatic carbocycles. The third-order valence-corrected chi connectivity index (χ3v) is 5.39. The second-order valence-electron chi connectivity index (χ2n) is 4.81. The third kappa shape index (κ3) is 3.78. The molecule has 0 bridgehead atoms. The molecule has 0 unspecified atom stereocenters. The molecule has 0 spiro atoms. The van der Waals surface area contributed by atoms with Crippen molar-refractivity contribution < 1.29 is 13.2 Å². The molecule has 1 aromatic rings. The zero-order chi connectivity index (χ0) is 13.7. The van der Waals surface area contributed by atoms with E-state index >= 15 is 0 Å². The molecule has 1 heterocycles. The van der Waals surface area contributed by atoms with E-state index < -0.39 is 10.0 Å². The van der Waals surface area contributed by atoms with E-state index in [0.717, 1.165) is 18.4 Å². The van der Waals surface area contributed by atoms with E-state index in [0.29, 0.717) is 19.8 Å². The van der Waals surface area contributed by atoms with Crippen LogP contribution in [0.1, 0.15) is 25.3 Å². The molecule has 1 atom stereocenters. The highest BCUT2D eigenvalue weighted by Gasteiger charge is 2.32. The van der Waals surface area contributed by atoms with Gasteiger partial charge in [-0.15, -0.1) is 0 Å². The average molecular weight is 283 g/mol. The lowest BCUT2D eigenvalue weighted by Crippen LogP contribution is -2.39. The van der Waals surface area contributed by atoms with Gasteiger partial charge in [0.25, 0.3) is 0 Å². The maximum absolute atomic E-state index is 11.9. The Labute approximate surface area is 115 Å². The monoisotopic (exact) mass is 283 g/mol. The SMILES string of the molecule is CCS(=O)(=O)N1CCC[C@H]1COCc1ccccc1. The van der Waals surface area contributed by atoms with E-state index in [-0.39, 0.29) is 11.8 Å². The molecular formula is C14H21NO3S. The number of rotatable bonds is 6. The number of nitrogens with zero attached hydrogens (tertiary/aromatic N) is 1. The Morgan fingerprint density at radius 2 is 2.05 bits per heavy atom. The van der Waals surface area contributed by atoms with Gasteiger partial charge in [0.2, 0.25) is 10.0 Å². The van der Waals surface area contributed by atoms with Gasteiger partial charge in [0, 0.05) is 12.6 Å². The molecule has 4 nitrogen and oxygen atoms in total. The second kappa shape index (κ2) is 6.50. The lowest BCUT2D eigenvalue weighted by atomic mass is 10.2. The molecule has 1 aromatic carbocycles. The molecule has 1 saturated heterocycles. The molecule has 19 heavy (non-hydrogen) atoms. The summed E-state index contributed by atoms with van der Waals surface area (Å²) in [5, 5.41) is 0. The van der Waals surface area contributed by atoms with Crippen LogP contribution in [0.2, 0.25) is 0 Å². The molecule has 2 rings (SSSR count). The number of hydrogen-bond donors (Lipinski definition) is 0. The van der Waals surface area contributed by atoms with Crippen LogP contribution < -0.4 is 0 Å². The fourth-order valence-electron chi connectivity index (χ4n) is 2.39. The Bertz CT molecular complexity index is 487. The largest absolute Gasteiger partial charge is 0.375 e. The topological polar surface area (TPSA) is 46.6 Å². The predicted molar refractivity (Wildman–Crippen MR) is 75.3 cm³/mol. The number of sulfonamides is 1. The lowest BCUT2D eigenvalue weighted by Gasteiger charge is -2.23. The van der Waals surface area contributed by atoms with Crippen molar-refractivity contribution in [2.45, 2.75) is 32.4 Å². The predicted octanol–water partition coefficient (Wildman–Crippen LogP) is 2.02. The van der Waals surface area contributed by atoms with E-state index in [9.17, 15) is 8.42 Å². The maximum Gasteiger partial charge on any atom is 0.214 e. The van der Waals surface area contributed by atoms with Crippen LogP contribution in [0.15, 0.2) is 30.3 Å². The van der Waals surface area contributed by atoms with Crippen LogP contribution in [-0.4, -0.2) is 37.7 Å². The Kier molecular flexibility index (Phi) is 4.96. The van der Waals surface area contributed by atoms with Crippen molar-refractivity contribution >= 4 is 10.0 Å². The van der Waals surface area contributed by atoms with Crippen LogP contribution in [0, 0.1) is 0 Å². The fourth-order valence-corrected chi connectivity index (χ4v) is 3.75. The summed E-state index contributed by atoms with van der Waals surface area (Å²) >= 11 is 0. The third-order valence-electron chi connectivity index (χ3n) is 3.47. The normalized spacial score (nSPS) is 20.8. The van der Waals surface area contributed by atoms with Gasteiger partial charge >= 0.3 is 0 Å². The summed E-state index contributed by atoms with van der Waals surface area (Å²) in [7, 11) is -3.09. The first-order valence-electron chi connectivity index (χ1n) is 6.74. The number of benzene rings is 1. The first-order chi connectivity index (χ1) is 9.13. The van der Waals surface area contributed by atoms with Gasteiger partial charge in [-0.1, -0.05) is 30.3 Å². The van der Waals surface area contributed by atoms with Crippen LogP contribution in [0.3, 0.4) is 0 Å². The van der Waals surface area contributed by atoms with Crippen molar-refractivity contribution in [3.63, 3.8) is 0 Å². The van der Waals surface area contributed by atoms with Crippen molar-refractivity contribution in [1.29, 1.82) is 0 Å². The van der Waals surface area contributed by atoms with Gasteiger partial charge in [0.05, 0.1) is 19.0 Å². The molecule has 0 amide bonds. The molecule has 0 N–H and O–H groups in total. The van der Waals surface area contributed by atoms with Crippen LogP contribution >= 0.6 is 0 Å². The number of ether oxygens (including phenoxy) is 1. The lowest BCUT2D eigenvalue weighted by molar-refractivity contribution is 0.0873. The summed E-state index contributed by atoms with van der Waals surface area (Å²) in [6, 6.07) is 9.94. The van der Waals surface area contributed by atoms with E-state index in [1.807, 2.05) is 30.3 Å². The zero-order valence-corrected chi connectivity index (χ0v) is 12.1. The quantitative estimate of drug-likeness (QED) is 0.802. The van der Waals surface area contributed by atoms with Crippen LogP contribution in [0.4, 0.5) is 0 Å². The minimum atomic E-state index is -3.09. The molecule has 106 valence electrons. The molecule has 1 aliphatic rings. The fraction of sp³-hybridized carbons (Fsp3) is 0.571. The van der Waals surface area contributed by atoms with Crippen LogP contribution in [0.25, 0.3) is 0 Å². The Morgan fingerprint density at radius 3 is 2.74 bits per heavy atom. The van der Waals surface area contributed by atoms with Gasteiger partial charge in [-0.05, 0) is 25.3 Å². The van der Waals surface area contributed by atoms with Crippen molar-refractivity contribution in [2.24, 2.45) is 0 Å². The zero-order valence-electron chi connectivity index (χ0n) is 11.3. The Morgan fingerprint density at radius 1 is 1.32 bits per heavy atom. The first kappa shape index (κ1) is 14.5. The second-order valence-corrected chi connectivity index (χ2v) is 7.02. The van der Waals surface area contributed by atoms with E-state index in [4.69, 9.17) is 4.74 Å². The minimum absolute atomic E-state index is 0.00802. The van der Waals surface area contributed by atoms with Gasteiger partial charge in [0.15, 0.2) is 0 Å². The minimum Gasteiger partial charge on any atom is -0.375 e. The van der Waals surface area contributed by atoms with Gasteiger partial charge in [0.1, 0.15) is 0 Å². The molecule has 0 saturated carbocycles. The molecule has 1 aliphatic heterocycles. The molecular weight excluding hydrogens is 262 g/mol. The van der Waals surface area contributed by atoms with E-state index in [2.05, 4.69) is 0 Å². The van der Waals surface area contributed by atoms with Gasteiger partial charge in [-0.2, -0.15) is 4.31 Å². The highest BCUT2D eigenvalue weighted by Crippen LogP contribution is 2.21. The van der Waals surface area contributed by atoms with Crippen LogP contribution in [0.5, 0.6) is 0 Å². The van der Waals surface area contributed by atoms with Crippen molar-refractivity contribution in [2.75, 3.05) is 18.9 Å². The van der Waals surface area contributed by atoms with Gasteiger partial charge in [-0.3, -0.25) is 0 Å². The molecule has 5 heteroatoms. The average Bonchev–Trinajstić information content (AvgIpc) is 2.89. The smallest absolute Gasteiger partial charge is 0.214 e. The molecule has 1 fully saturated rings. The summed E-state index contributed by atoms with van der Waals surface area (Å²) in [4.78, 5) is 0. The number of hydrogen-bond acceptors (Lipinski definition) is 3. The van der Waals surface area contributed by atoms with Crippen molar-refractivity contribution in [1.82, 2.24) is 4.31 Å². The summed E-state index contributed by atoms with van der Waals surface area (Å²) in [6.07, 6.45) is 1.83. The standard InChI is InChI=1S/C14H21NO3S/c1-2-19(16,17)15-10-6-9-14(15)12-18-11-13-7-4-3-5-8-13/h3-5,7-8,14H,2,6,9-12H2,1H3/t14-/m0/s1. The Hall–Kier alpha value is -0.910. The Balaban J connectivity index is 1.85. The van der Waals surface area contributed by atoms with Gasteiger partial charge in [-0.25, -0.2) is 8.42 Å². The van der Waals surface area contributed by atoms with Crippen molar-refractivity contribution in [3.05, 3.63) is 35.9 Å². The van der Waals surface area contributed by atoms with Gasteiger partial charge < -0.3 is 4.74 Å².